The van der Waals surface area contributed by atoms with Crippen molar-refractivity contribution < 1.29 is 41.8 Å². The highest BCUT2D eigenvalue weighted by Gasteiger charge is 2.56. The average molecular weight is 700 g/mol. The predicted octanol–water partition coefficient (Wildman–Crippen LogP) is 3.67. The quantitative estimate of drug-likeness (QED) is 0.323. The van der Waals surface area contributed by atoms with Crippen molar-refractivity contribution in [3.05, 3.63) is 64.1 Å². The van der Waals surface area contributed by atoms with Crippen LogP contribution in [0.4, 0.5) is 22.4 Å². The highest BCUT2D eigenvalue weighted by atomic mass is 79.9. The van der Waals surface area contributed by atoms with Gasteiger partial charge in [0.1, 0.15) is 29.4 Å². The second-order valence-corrected chi connectivity index (χ2v) is 12.3. The molecule has 3 heterocycles. The molecule has 0 radical (unpaired) electrons. The molecule has 1 fully saturated rings. The number of aryl methyl sites for hydroxylation is 1. The Morgan fingerprint density at radius 3 is 2.53 bits per heavy atom. The van der Waals surface area contributed by atoms with E-state index in [-0.39, 0.29) is 44.5 Å². The van der Waals surface area contributed by atoms with Crippen LogP contribution in [0.3, 0.4) is 0 Å². The van der Waals surface area contributed by atoms with E-state index in [1.165, 1.54) is 43.1 Å². The highest BCUT2D eigenvalue weighted by Crippen LogP contribution is 2.39. The van der Waals surface area contributed by atoms with Gasteiger partial charge in [0.2, 0.25) is 11.8 Å². The Kier molecular flexibility index (Phi) is 9.85. The summed E-state index contributed by atoms with van der Waals surface area (Å²) in [6.07, 6.45) is -4.63. The number of rotatable bonds is 10. The number of amides is 4. The van der Waals surface area contributed by atoms with Gasteiger partial charge in [-0.15, -0.1) is 0 Å². The second-order valence-electron chi connectivity index (χ2n) is 11.5. The zero-order valence-corrected chi connectivity index (χ0v) is 25.9. The lowest BCUT2D eigenvalue weighted by molar-refractivity contribution is -0.164. The molecule has 11 nitrogen and oxygen atoms in total. The normalized spacial score (nSPS) is 19.1. The molecule has 16 heteroatoms. The first-order chi connectivity index (χ1) is 21.0. The van der Waals surface area contributed by atoms with Gasteiger partial charge in [0, 0.05) is 42.3 Å². The molecule has 3 N–H and O–H groups in total. The van der Waals surface area contributed by atoms with Crippen LogP contribution in [0.5, 0.6) is 0 Å². The van der Waals surface area contributed by atoms with E-state index in [9.17, 15) is 41.8 Å². The molecule has 1 aromatic carbocycles. The standard InChI is InChI=1S/C29H31BrF4N6O5/c1-27(2,37-26(44)45)24(42)36-21(9-7-17-6-8-18(31)13-20(17)30)23(41)39-12-10-22-28(15-39,14-19-5-3-4-11-35-19)25(43)40(38-22)16-29(32,33)34/h3-6,8,11,13,21,37H,7,9-10,12,14-16H2,1-2H3,(H,36,42)(H,44,45)/t21?,28-/m1/s1. The topological polar surface area (TPSA) is 144 Å². The number of nitrogens with zero attached hydrogens (tertiary/aromatic N) is 4. The number of nitrogens with one attached hydrogen (secondary N) is 2. The molecule has 2 aromatic rings. The van der Waals surface area contributed by atoms with Gasteiger partial charge in [-0.3, -0.25) is 19.4 Å². The van der Waals surface area contributed by atoms with Gasteiger partial charge in [-0.05, 0) is 56.5 Å². The fourth-order valence-corrected chi connectivity index (χ4v) is 5.98. The molecule has 4 amide bonds. The summed E-state index contributed by atoms with van der Waals surface area (Å²) >= 11 is 3.28. The molecule has 0 aliphatic carbocycles. The van der Waals surface area contributed by atoms with E-state index in [0.29, 0.717) is 20.7 Å². The molecular formula is C29H31BrF4N6O5. The summed E-state index contributed by atoms with van der Waals surface area (Å²) in [5, 5.41) is 18.3. The third-order valence-corrected chi connectivity index (χ3v) is 8.41. The Hall–Kier alpha value is -4.08. The maximum atomic E-state index is 14.1. The van der Waals surface area contributed by atoms with Crippen molar-refractivity contribution in [1.29, 1.82) is 0 Å². The van der Waals surface area contributed by atoms with Crippen molar-refractivity contribution in [2.24, 2.45) is 10.5 Å². The van der Waals surface area contributed by atoms with E-state index in [1.807, 2.05) is 0 Å². The third kappa shape index (κ3) is 7.96. The maximum absolute atomic E-state index is 14.1. The summed E-state index contributed by atoms with van der Waals surface area (Å²) < 4.78 is 54.1. The van der Waals surface area contributed by atoms with Gasteiger partial charge >= 0.3 is 12.3 Å². The predicted molar refractivity (Wildman–Crippen MR) is 156 cm³/mol. The van der Waals surface area contributed by atoms with Gasteiger partial charge in [0.05, 0.1) is 5.71 Å². The smallest absolute Gasteiger partial charge is 0.408 e. The Labute approximate surface area is 264 Å². The first kappa shape index (κ1) is 33.8. The number of hydrogen-bond acceptors (Lipinski definition) is 6. The van der Waals surface area contributed by atoms with E-state index < -0.39 is 59.3 Å². The number of carbonyl (C=O) groups excluding carboxylic acids is 3. The van der Waals surface area contributed by atoms with Gasteiger partial charge < -0.3 is 20.6 Å². The molecule has 1 unspecified atom stereocenters. The number of alkyl halides is 3. The van der Waals surface area contributed by atoms with Crippen LogP contribution in [-0.2, 0) is 27.2 Å². The summed E-state index contributed by atoms with van der Waals surface area (Å²) in [6, 6.07) is 7.69. The van der Waals surface area contributed by atoms with Gasteiger partial charge in [0.25, 0.3) is 5.91 Å². The number of fused-ring (bicyclic) bond motifs is 1. The molecule has 1 aromatic heterocycles. The molecule has 2 aliphatic rings. The maximum Gasteiger partial charge on any atom is 0.408 e. The first-order valence-corrected chi connectivity index (χ1v) is 14.7. The van der Waals surface area contributed by atoms with Crippen molar-refractivity contribution >= 4 is 45.5 Å². The molecule has 2 atom stereocenters. The number of halogens is 5. The lowest BCUT2D eigenvalue weighted by Gasteiger charge is -2.41. The number of piperidine rings is 1. The van der Waals surface area contributed by atoms with Crippen LogP contribution in [0.2, 0.25) is 0 Å². The molecule has 0 bridgehead atoms. The van der Waals surface area contributed by atoms with Crippen molar-refractivity contribution in [2.75, 3.05) is 19.6 Å². The van der Waals surface area contributed by atoms with E-state index in [2.05, 4.69) is 36.6 Å². The van der Waals surface area contributed by atoms with Crippen molar-refractivity contribution in [1.82, 2.24) is 25.5 Å². The highest BCUT2D eigenvalue weighted by molar-refractivity contribution is 9.10. The average Bonchev–Trinajstić information content (AvgIpc) is 3.19. The van der Waals surface area contributed by atoms with Crippen LogP contribution in [0.25, 0.3) is 0 Å². The summed E-state index contributed by atoms with van der Waals surface area (Å²) in [6.45, 7) is 0.707. The van der Waals surface area contributed by atoms with Crippen LogP contribution < -0.4 is 10.6 Å². The van der Waals surface area contributed by atoms with Crippen molar-refractivity contribution in [2.45, 2.75) is 57.3 Å². The zero-order chi connectivity index (χ0) is 33.2. The number of hydrazone groups is 1. The monoisotopic (exact) mass is 698 g/mol. The van der Waals surface area contributed by atoms with Gasteiger partial charge in [-0.2, -0.15) is 18.3 Å². The number of carbonyl (C=O) groups is 4. The van der Waals surface area contributed by atoms with Crippen molar-refractivity contribution in [3.8, 4) is 0 Å². The van der Waals surface area contributed by atoms with Gasteiger partial charge in [0.15, 0.2) is 0 Å². The number of pyridine rings is 1. The molecule has 242 valence electrons. The second kappa shape index (κ2) is 13.1. The van der Waals surface area contributed by atoms with Crippen LogP contribution in [0, 0.1) is 11.2 Å². The summed E-state index contributed by atoms with van der Waals surface area (Å²) in [5.74, 6) is -2.84. The Morgan fingerprint density at radius 1 is 1.18 bits per heavy atom. The van der Waals surface area contributed by atoms with Crippen molar-refractivity contribution in [3.63, 3.8) is 0 Å². The van der Waals surface area contributed by atoms with E-state index in [4.69, 9.17) is 0 Å². The molecule has 0 saturated carbocycles. The number of hydrogen-bond donors (Lipinski definition) is 3. The van der Waals surface area contributed by atoms with Crippen LogP contribution in [0.15, 0.2) is 52.2 Å². The molecule has 45 heavy (non-hydrogen) atoms. The Bertz CT molecular complexity index is 1510. The number of carboxylic acid groups (broad SMARTS) is 1. The van der Waals surface area contributed by atoms with E-state index in [0.717, 1.165) is 0 Å². The minimum atomic E-state index is -4.71. The number of benzene rings is 1. The van der Waals surface area contributed by atoms with Crippen LogP contribution >= 0.6 is 15.9 Å². The first-order valence-electron chi connectivity index (χ1n) is 13.9. The Balaban J connectivity index is 1.64. The minimum absolute atomic E-state index is 0.00183. The number of likely N-dealkylation sites (tertiary alicyclic amines) is 1. The fraction of sp³-hybridized carbons (Fsp3) is 0.448. The molecule has 1 saturated heterocycles. The Morgan fingerprint density at radius 2 is 1.91 bits per heavy atom. The summed E-state index contributed by atoms with van der Waals surface area (Å²) in [4.78, 5) is 57.7. The van der Waals surface area contributed by atoms with Gasteiger partial charge in [-0.1, -0.05) is 28.1 Å². The minimum Gasteiger partial charge on any atom is -0.465 e. The summed E-state index contributed by atoms with van der Waals surface area (Å²) in [7, 11) is 0. The van der Waals surface area contributed by atoms with E-state index >= 15 is 0 Å². The lowest BCUT2D eigenvalue weighted by atomic mass is 9.74. The lowest BCUT2D eigenvalue weighted by Crippen LogP contribution is -2.62. The molecule has 2 aliphatic heterocycles. The SMILES string of the molecule is CC(C)(NC(=O)O)C(=O)NC(CCc1ccc(F)cc1Br)C(=O)N1CCC2=NN(CC(F)(F)F)C(=O)[C@]2(Cc2ccccn2)C1. The summed E-state index contributed by atoms with van der Waals surface area (Å²) in [5.41, 5.74) is -2.02. The van der Waals surface area contributed by atoms with Crippen LogP contribution in [0.1, 0.15) is 37.9 Å². The fourth-order valence-electron chi connectivity index (χ4n) is 5.43. The van der Waals surface area contributed by atoms with E-state index in [1.54, 1.807) is 18.2 Å². The van der Waals surface area contributed by atoms with Gasteiger partial charge in [-0.25, -0.2) is 14.2 Å². The molecule has 4 rings (SSSR count). The third-order valence-electron chi connectivity index (χ3n) is 7.67. The largest absolute Gasteiger partial charge is 0.465 e. The van der Waals surface area contributed by atoms with Crippen LogP contribution in [-0.4, -0.2) is 86.9 Å². The molecule has 0 spiro atoms. The zero-order valence-electron chi connectivity index (χ0n) is 24.3. The number of aromatic nitrogens is 1. The molecular weight excluding hydrogens is 668 g/mol.